The summed E-state index contributed by atoms with van der Waals surface area (Å²) < 4.78 is 64.5. The van der Waals surface area contributed by atoms with E-state index < -0.39 is 152 Å². The van der Waals surface area contributed by atoms with Gasteiger partial charge in [0.25, 0.3) is 5.91 Å². The van der Waals surface area contributed by atoms with Gasteiger partial charge in [0, 0.05) is 49.5 Å². The molecule has 1 heterocycles. The van der Waals surface area contributed by atoms with Crippen molar-refractivity contribution in [2.24, 2.45) is 28.6 Å². The second-order valence-electron chi connectivity index (χ2n) is 19.5. The molecule has 4 aliphatic rings. The summed E-state index contributed by atoms with van der Waals surface area (Å²) in [6, 6.07) is 22.3. The molecule has 394 valence electrons. The molecule has 3 saturated carbocycles. The van der Waals surface area contributed by atoms with E-state index in [2.05, 4.69) is 9.84 Å². The molecule has 3 aliphatic carbocycles. The van der Waals surface area contributed by atoms with E-state index in [-0.39, 0.29) is 24.2 Å². The lowest BCUT2D eigenvalue weighted by Crippen LogP contribution is -2.83. The van der Waals surface area contributed by atoms with E-state index in [0.29, 0.717) is 5.56 Å². The van der Waals surface area contributed by atoms with Crippen LogP contribution in [0.4, 0.5) is 4.79 Å². The Morgan fingerprint density at radius 1 is 0.849 bits per heavy atom. The first-order valence-corrected chi connectivity index (χ1v) is 25.2. The number of phosphoric ester groups is 1. The lowest BCUT2D eigenvalue weighted by molar-refractivity contribution is -0.360. The van der Waals surface area contributed by atoms with Gasteiger partial charge in [-0.3, -0.25) is 23.7 Å². The van der Waals surface area contributed by atoms with Crippen LogP contribution in [0.5, 0.6) is 0 Å². The number of ketones is 1. The van der Waals surface area contributed by atoms with Gasteiger partial charge in [-0.25, -0.2) is 18.9 Å². The average molecular weight is 1040 g/mol. The summed E-state index contributed by atoms with van der Waals surface area (Å²) >= 11 is 0. The van der Waals surface area contributed by atoms with Gasteiger partial charge in [0.1, 0.15) is 30.0 Å². The molecule has 4 N–H and O–H groups in total. The van der Waals surface area contributed by atoms with Gasteiger partial charge in [0.2, 0.25) is 6.10 Å². The first-order valence-electron chi connectivity index (χ1n) is 23.7. The number of nitrogens with one attached hydrogen (secondary N) is 1. The molecule has 4 fully saturated rings. The molecule has 1 amide bonds. The maximum atomic E-state index is 16.1. The minimum atomic E-state index is -5.19. The Bertz CT molecular complexity index is 2590. The highest BCUT2D eigenvalue weighted by Crippen LogP contribution is 2.66. The number of ether oxygens (including phenoxy) is 8. The Kier molecular flexibility index (Phi) is 16.1. The molecule has 21 nitrogen and oxygen atoms in total. The first kappa shape index (κ1) is 54.7. The number of Topliss-reactive ketones (excluding diaryl/α,β-unsaturated/α-hetero) is 1. The second-order valence-corrected chi connectivity index (χ2v) is 20.7. The molecule has 22 heteroatoms. The Balaban J connectivity index is 1.42. The smallest absolute Gasteiger partial charge is 0.459 e. The minimum Gasteiger partial charge on any atom is -0.459 e. The number of hydrogen-bond acceptors (Lipinski definition) is 18. The van der Waals surface area contributed by atoms with Crippen LogP contribution in [0.25, 0.3) is 0 Å². The van der Waals surface area contributed by atoms with Crippen LogP contribution in [0.2, 0.25) is 0 Å². The van der Waals surface area contributed by atoms with Gasteiger partial charge in [-0.2, -0.15) is 0 Å². The van der Waals surface area contributed by atoms with Crippen molar-refractivity contribution < 1.29 is 95.4 Å². The number of rotatable bonds is 16. The number of hydrogen-bond donors (Lipinski definition) is 4. The van der Waals surface area contributed by atoms with E-state index in [1.54, 1.807) is 87.5 Å². The fraction of sp³-hybridized carbons (Fsp3) is 0.510. The molecule has 2 bridgehead atoms. The second kappa shape index (κ2) is 21.4. The Hall–Kier alpha value is -6.06. The van der Waals surface area contributed by atoms with Gasteiger partial charge in [-0.1, -0.05) is 87.5 Å². The zero-order valence-corrected chi connectivity index (χ0v) is 42.1. The van der Waals surface area contributed by atoms with Gasteiger partial charge in [-0.05, 0) is 43.7 Å². The molecule has 3 aromatic rings. The van der Waals surface area contributed by atoms with Crippen molar-refractivity contribution in [3.63, 3.8) is 0 Å². The predicted molar refractivity (Wildman–Crippen MR) is 250 cm³/mol. The molecule has 7 rings (SSSR count). The van der Waals surface area contributed by atoms with E-state index in [1.807, 2.05) is 0 Å². The van der Waals surface area contributed by atoms with Crippen molar-refractivity contribution >= 4 is 49.5 Å². The summed E-state index contributed by atoms with van der Waals surface area (Å²) in [5.74, 6) is -9.85. The fourth-order valence-corrected chi connectivity index (χ4v) is 11.7. The summed E-state index contributed by atoms with van der Waals surface area (Å²) in [5, 5.41) is 16.9. The van der Waals surface area contributed by atoms with Crippen molar-refractivity contribution in [1.29, 1.82) is 0 Å². The van der Waals surface area contributed by atoms with E-state index >= 15 is 9.59 Å². The number of amides is 1. The van der Waals surface area contributed by atoms with Gasteiger partial charge < -0.3 is 58.1 Å². The number of esters is 4. The lowest BCUT2D eigenvalue weighted by atomic mass is 9.42. The average Bonchev–Trinajstić information content (AvgIpc) is 3.33. The van der Waals surface area contributed by atoms with Gasteiger partial charge >= 0.3 is 37.9 Å². The zero-order valence-electron chi connectivity index (χ0n) is 41.2. The Labute approximate surface area is 420 Å². The van der Waals surface area contributed by atoms with Crippen LogP contribution in [0.1, 0.15) is 93.6 Å². The van der Waals surface area contributed by atoms with Crippen LogP contribution in [0.3, 0.4) is 0 Å². The number of aliphatic hydroxyl groups is 1. The van der Waals surface area contributed by atoms with E-state index in [9.17, 15) is 43.4 Å². The van der Waals surface area contributed by atoms with Crippen molar-refractivity contribution in [1.82, 2.24) is 5.32 Å². The van der Waals surface area contributed by atoms with Crippen LogP contribution in [0, 0.1) is 28.6 Å². The molecular formula is C51H60NO20P. The van der Waals surface area contributed by atoms with Crippen molar-refractivity contribution in [2.75, 3.05) is 20.0 Å². The van der Waals surface area contributed by atoms with Crippen LogP contribution in [-0.2, 0) is 66.2 Å². The van der Waals surface area contributed by atoms with Crippen molar-refractivity contribution in [3.05, 3.63) is 108 Å². The molecule has 0 aromatic heterocycles. The number of phosphoric acid groups is 1. The third-order valence-corrected chi connectivity index (χ3v) is 15.4. The normalized spacial score (nSPS) is 30.9. The highest BCUT2D eigenvalue weighted by molar-refractivity contribution is 7.46. The van der Waals surface area contributed by atoms with Gasteiger partial charge in [0.15, 0.2) is 24.3 Å². The number of benzene rings is 3. The molecule has 0 radical (unpaired) electrons. The Morgan fingerprint density at radius 2 is 1.45 bits per heavy atom. The Morgan fingerprint density at radius 3 is 2.00 bits per heavy atom. The third-order valence-electron chi connectivity index (χ3n) is 15.0. The third kappa shape index (κ3) is 10.7. The number of fused-ring (bicyclic) bond motifs is 5. The van der Waals surface area contributed by atoms with Crippen molar-refractivity contribution in [3.8, 4) is 0 Å². The molecule has 3 aromatic carbocycles. The number of carbonyl (C=O) groups is 7. The molecule has 1 unspecified atom stereocenters. The van der Waals surface area contributed by atoms with Crippen LogP contribution < -0.4 is 5.32 Å². The molecule has 1 aliphatic heterocycles. The SMILES string of the molecule is CCOC(=O)O[C@@H](C(=O)O[C@H]1C[C@@]2(O)[C@@H](OC(=O)c3ccccc3)[C@@H]3[C@]4(OC(C)=O)CO[C@@H]4C[C@H](OCOP(=O)(O)O)[C@@]3(C)C(=O)C(OC(C)=O)[C@@H]([C@@H]1C)C2(C)C)[C@@H](NC(=O)c1ccccc1)c1ccccc1. The van der Waals surface area contributed by atoms with Crippen LogP contribution >= 0.6 is 7.82 Å². The highest BCUT2D eigenvalue weighted by Gasteiger charge is 2.80. The summed E-state index contributed by atoms with van der Waals surface area (Å²) in [7, 11) is -5.19. The maximum absolute atomic E-state index is 16.1. The summed E-state index contributed by atoms with van der Waals surface area (Å²) in [4.78, 5) is 119. The first-order chi connectivity index (χ1) is 34.4. The molecule has 0 spiro atoms. The molecule has 13 atom stereocenters. The standard InChI is InChI=1S/C51H60NO20P/c1-8-64-47(59)70-40(38(31-18-12-9-13-19-31)52-44(56)32-20-14-10-15-21-32)46(58)69-34-25-51(60)43(71-45(57)33-22-16-11-17-23-33)41-49(7,42(55)39(68-29(3)53)37(28(34)2)48(51,5)6)35(66-27-67-73(61,62)63)24-36-50(41,26-65-36)72-30(4)54/h9-23,28,34-41,43,60H,8,24-27H2,1-7H3,(H,52,56)(H2,61,62,63)/t28-,34+,35+,36-,37-,38+,39?,40-,41+,43+,49-,50+,51-/m1/s1. The summed E-state index contributed by atoms with van der Waals surface area (Å²) in [6.07, 6.45) is -12.3. The zero-order chi connectivity index (χ0) is 53.3. The monoisotopic (exact) mass is 1040 g/mol. The van der Waals surface area contributed by atoms with Crippen LogP contribution in [-0.4, -0.2) is 124 Å². The molecule has 1 saturated heterocycles. The van der Waals surface area contributed by atoms with Crippen molar-refractivity contribution in [2.45, 2.75) is 115 Å². The van der Waals surface area contributed by atoms with E-state index in [0.717, 1.165) is 13.8 Å². The topological polar surface area (TPSA) is 292 Å². The molecular weight excluding hydrogens is 978 g/mol. The fourth-order valence-electron chi connectivity index (χ4n) is 11.5. The summed E-state index contributed by atoms with van der Waals surface area (Å²) in [5.41, 5.74) is -7.85. The van der Waals surface area contributed by atoms with E-state index in [4.69, 9.17) is 37.9 Å². The van der Waals surface area contributed by atoms with E-state index in [1.165, 1.54) is 38.1 Å². The highest BCUT2D eigenvalue weighted by atomic mass is 31.2. The predicted octanol–water partition coefficient (Wildman–Crippen LogP) is 4.94. The quantitative estimate of drug-likeness (QED) is 0.0639. The van der Waals surface area contributed by atoms with Gasteiger partial charge in [-0.15, -0.1) is 0 Å². The largest absolute Gasteiger partial charge is 0.509 e. The molecule has 73 heavy (non-hydrogen) atoms. The minimum absolute atomic E-state index is 0.00875. The maximum Gasteiger partial charge on any atom is 0.509 e. The summed E-state index contributed by atoms with van der Waals surface area (Å²) in [6.45, 7) is 8.01. The van der Waals surface area contributed by atoms with Crippen LogP contribution in [0.15, 0.2) is 91.0 Å². The lowest BCUT2D eigenvalue weighted by Gasteiger charge is -2.69. The number of carbonyl (C=O) groups excluding carboxylic acids is 7. The van der Waals surface area contributed by atoms with Gasteiger partial charge in [0.05, 0.1) is 36.2 Å².